The summed E-state index contributed by atoms with van der Waals surface area (Å²) in [4.78, 5) is 32.4. The largest absolute Gasteiger partial charge is 0.368 e. The molecule has 0 aliphatic heterocycles. The highest BCUT2D eigenvalue weighted by molar-refractivity contribution is 5.90. The minimum Gasteiger partial charge on any atom is -0.368 e. The van der Waals surface area contributed by atoms with Gasteiger partial charge in [0.1, 0.15) is 11.2 Å². The molecule has 0 saturated heterocycles. The highest BCUT2D eigenvalue weighted by atomic mass is 16.5. The van der Waals surface area contributed by atoms with E-state index in [1.54, 1.807) is 18.3 Å². The second kappa shape index (κ2) is 7.42. The Kier molecular flexibility index (Phi) is 5.06. The van der Waals surface area contributed by atoms with Gasteiger partial charge >= 0.3 is 0 Å². The number of rotatable bonds is 6. The zero-order valence-electron chi connectivity index (χ0n) is 13.9. The van der Waals surface area contributed by atoms with Crippen molar-refractivity contribution in [1.82, 2.24) is 20.4 Å². The summed E-state index contributed by atoms with van der Waals surface area (Å²) < 4.78 is 5.16. The van der Waals surface area contributed by atoms with Gasteiger partial charge in [-0.1, -0.05) is 30.5 Å². The molecule has 1 fully saturated rings. The van der Waals surface area contributed by atoms with E-state index < -0.39 is 11.4 Å². The summed E-state index contributed by atoms with van der Waals surface area (Å²) in [5.74, 6) is 0.0403. The average Bonchev–Trinajstić information content (AvgIpc) is 3.10. The molecular formula is C17H21N5O3. The van der Waals surface area contributed by atoms with Crippen LogP contribution in [0.15, 0.2) is 28.9 Å². The van der Waals surface area contributed by atoms with E-state index in [2.05, 4.69) is 20.4 Å². The number of primary amides is 1. The molecule has 0 aromatic carbocycles. The Morgan fingerprint density at radius 2 is 2.04 bits per heavy atom. The summed E-state index contributed by atoms with van der Waals surface area (Å²) in [5.41, 5.74) is 5.22. The number of hydrogen-bond acceptors (Lipinski definition) is 6. The normalized spacial score (nSPS) is 16.3. The Balaban J connectivity index is 1.57. The van der Waals surface area contributed by atoms with Crippen LogP contribution in [0.1, 0.15) is 44.4 Å². The van der Waals surface area contributed by atoms with Gasteiger partial charge in [0.25, 0.3) is 0 Å². The molecule has 2 aromatic heterocycles. The Hall–Kier alpha value is -2.77. The zero-order valence-corrected chi connectivity index (χ0v) is 13.9. The molecule has 1 aliphatic rings. The molecule has 0 bridgehead atoms. The minimum absolute atomic E-state index is 0.152. The highest BCUT2D eigenvalue weighted by Gasteiger charge is 2.39. The van der Waals surface area contributed by atoms with Crippen molar-refractivity contribution < 1.29 is 14.1 Å². The Morgan fingerprint density at radius 1 is 1.24 bits per heavy atom. The van der Waals surface area contributed by atoms with Crippen LogP contribution in [-0.2, 0) is 16.0 Å². The van der Waals surface area contributed by atoms with Crippen LogP contribution in [0.2, 0.25) is 0 Å². The van der Waals surface area contributed by atoms with Crippen LogP contribution < -0.4 is 11.1 Å². The number of nitrogens with zero attached hydrogens (tertiary/aromatic N) is 3. The van der Waals surface area contributed by atoms with E-state index in [1.807, 2.05) is 6.07 Å². The molecule has 0 spiro atoms. The van der Waals surface area contributed by atoms with E-state index in [4.69, 9.17) is 10.3 Å². The van der Waals surface area contributed by atoms with Crippen molar-refractivity contribution >= 4 is 11.8 Å². The quantitative estimate of drug-likeness (QED) is 0.816. The van der Waals surface area contributed by atoms with Crippen LogP contribution >= 0.6 is 0 Å². The smallest absolute Gasteiger partial charge is 0.243 e. The van der Waals surface area contributed by atoms with Gasteiger partial charge in [0, 0.05) is 19.0 Å². The molecule has 0 atom stereocenters. The first-order valence-electron chi connectivity index (χ1n) is 8.44. The first-order chi connectivity index (χ1) is 12.1. The third kappa shape index (κ3) is 4.01. The van der Waals surface area contributed by atoms with E-state index in [0.717, 1.165) is 19.3 Å². The first kappa shape index (κ1) is 17.1. The van der Waals surface area contributed by atoms with E-state index >= 15 is 0 Å². The second-order valence-electron chi connectivity index (χ2n) is 6.28. The summed E-state index contributed by atoms with van der Waals surface area (Å²) >= 11 is 0. The summed E-state index contributed by atoms with van der Waals surface area (Å²) in [6.45, 7) is 0. The standard InChI is InChI=1S/C17H21N5O3/c18-16(24)17(9-3-1-4-10-17)21-13(23)7-8-14-20-15(22-25-14)12-6-2-5-11-19-12/h2,5-6,11H,1,3-4,7-10H2,(H2,18,24)(H,21,23). The van der Waals surface area contributed by atoms with Crippen molar-refractivity contribution in [2.24, 2.45) is 5.73 Å². The molecule has 0 unspecified atom stereocenters. The molecule has 132 valence electrons. The fraction of sp³-hybridized carbons (Fsp3) is 0.471. The summed E-state index contributed by atoms with van der Waals surface area (Å²) in [5, 5.41) is 6.69. The number of carbonyl (C=O) groups excluding carboxylic acids is 2. The van der Waals surface area contributed by atoms with Crippen LogP contribution in [0.3, 0.4) is 0 Å². The Labute approximate surface area is 145 Å². The van der Waals surface area contributed by atoms with Crippen LogP contribution in [0, 0.1) is 0 Å². The lowest BCUT2D eigenvalue weighted by molar-refractivity contribution is -0.133. The topological polar surface area (TPSA) is 124 Å². The van der Waals surface area contributed by atoms with Gasteiger partial charge in [-0.15, -0.1) is 0 Å². The summed E-state index contributed by atoms with van der Waals surface area (Å²) in [6, 6.07) is 5.41. The number of amides is 2. The SMILES string of the molecule is NC(=O)C1(NC(=O)CCc2nc(-c3ccccn3)no2)CCCCC1. The number of aromatic nitrogens is 3. The summed E-state index contributed by atoms with van der Waals surface area (Å²) in [6.07, 6.45) is 6.12. The fourth-order valence-corrected chi connectivity index (χ4v) is 3.09. The molecule has 3 rings (SSSR count). The second-order valence-corrected chi connectivity index (χ2v) is 6.28. The van der Waals surface area contributed by atoms with E-state index in [-0.39, 0.29) is 12.3 Å². The van der Waals surface area contributed by atoms with Gasteiger partial charge in [-0.2, -0.15) is 4.98 Å². The third-order valence-electron chi connectivity index (χ3n) is 4.49. The zero-order chi connectivity index (χ0) is 17.7. The number of hydrogen-bond donors (Lipinski definition) is 2. The summed E-state index contributed by atoms with van der Waals surface area (Å²) in [7, 11) is 0. The lowest BCUT2D eigenvalue weighted by Crippen LogP contribution is -2.58. The van der Waals surface area contributed by atoms with Gasteiger partial charge in [-0.25, -0.2) is 0 Å². The van der Waals surface area contributed by atoms with Crippen molar-refractivity contribution in [3.05, 3.63) is 30.3 Å². The molecule has 1 saturated carbocycles. The highest BCUT2D eigenvalue weighted by Crippen LogP contribution is 2.28. The van der Waals surface area contributed by atoms with Crippen LogP contribution in [0.25, 0.3) is 11.5 Å². The molecule has 3 N–H and O–H groups in total. The number of nitrogens with one attached hydrogen (secondary N) is 1. The maximum atomic E-state index is 12.2. The molecule has 1 aliphatic carbocycles. The van der Waals surface area contributed by atoms with Gasteiger partial charge in [0.15, 0.2) is 0 Å². The number of pyridine rings is 1. The molecule has 0 radical (unpaired) electrons. The molecule has 2 amide bonds. The molecule has 2 aromatic rings. The molecule has 8 heteroatoms. The minimum atomic E-state index is -0.913. The predicted octanol–water partition coefficient (Wildman–Crippen LogP) is 1.37. The van der Waals surface area contributed by atoms with Crippen LogP contribution in [0.5, 0.6) is 0 Å². The van der Waals surface area contributed by atoms with Crippen molar-refractivity contribution in [1.29, 1.82) is 0 Å². The molecule has 8 nitrogen and oxygen atoms in total. The van der Waals surface area contributed by atoms with Gasteiger partial charge in [-0.05, 0) is 25.0 Å². The number of aryl methyl sites for hydroxylation is 1. The Morgan fingerprint density at radius 3 is 2.72 bits per heavy atom. The van der Waals surface area contributed by atoms with Crippen molar-refractivity contribution in [3.8, 4) is 11.5 Å². The van der Waals surface area contributed by atoms with Gasteiger partial charge in [-0.3, -0.25) is 14.6 Å². The van der Waals surface area contributed by atoms with Gasteiger partial charge in [0.2, 0.25) is 23.5 Å². The maximum absolute atomic E-state index is 12.2. The van der Waals surface area contributed by atoms with E-state index in [1.165, 1.54) is 0 Å². The van der Waals surface area contributed by atoms with Gasteiger partial charge < -0.3 is 15.6 Å². The van der Waals surface area contributed by atoms with Crippen molar-refractivity contribution in [2.45, 2.75) is 50.5 Å². The molecule has 2 heterocycles. The van der Waals surface area contributed by atoms with Gasteiger partial charge in [0.05, 0.1) is 0 Å². The number of nitrogens with two attached hydrogens (primary N) is 1. The lowest BCUT2D eigenvalue weighted by atomic mass is 9.81. The van der Waals surface area contributed by atoms with Crippen LogP contribution in [0.4, 0.5) is 0 Å². The first-order valence-corrected chi connectivity index (χ1v) is 8.44. The third-order valence-corrected chi connectivity index (χ3v) is 4.49. The monoisotopic (exact) mass is 343 g/mol. The van der Waals surface area contributed by atoms with E-state index in [9.17, 15) is 9.59 Å². The van der Waals surface area contributed by atoms with Crippen molar-refractivity contribution in [2.75, 3.05) is 0 Å². The van der Waals surface area contributed by atoms with Crippen molar-refractivity contribution in [3.63, 3.8) is 0 Å². The maximum Gasteiger partial charge on any atom is 0.243 e. The van der Waals surface area contributed by atoms with E-state index in [0.29, 0.717) is 36.7 Å². The Bertz CT molecular complexity index is 738. The average molecular weight is 343 g/mol. The lowest BCUT2D eigenvalue weighted by Gasteiger charge is -2.35. The molecular weight excluding hydrogens is 322 g/mol. The molecule has 25 heavy (non-hydrogen) atoms. The number of carbonyl (C=O) groups is 2. The van der Waals surface area contributed by atoms with Crippen LogP contribution in [-0.4, -0.2) is 32.5 Å². The fourth-order valence-electron chi connectivity index (χ4n) is 3.09. The predicted molar refractivity (Wildman–Crippen MR) is 89.0 cm³/mol.